The second kappa shape index (κ2) is 7.03. The highest BCUT2D eigenvalue weighted by Gasteiger charge is 2.20. The first kappa shape index (κ1) is 17.5. The maximum absolute atomic E-state index is 4.73. The Morgan fingerprint density at radius 3 is 2.74 bits per heavy atom. The summed E-state index contributed by atoms with van der Waals surface area (Å²) in [5, 5.41) is 12.3. The molecule has 0 amide bonds. The highest BCUT2D eigenvalue weighted by molar-refractivity contribution is 8.14. The number of aliphatic imine (C=N–C) groups is 1. The number of nitrogens with one attached hydrogen (secondary N) is 2. The van der Waals surface area contributed by atoms with Gasteiger partial charge in [-0.2, -0.15) is 15.2 Å². The molecule has 0 bridgehead atoms. The van der Waals surface area contributed by atoms with Crippen molar-refractivity contribution in [3.63, 3.8) is 0 Å². The second-order valence-electron chi connectivity index (χ2n) is 6.52. The molecule has 0 atom stereocenters. The van der Waals surface area contributed by atoms with E-state index in [4.69, 9.17) is 4.99 Å². The second-order valence-corrected chi connectivity index (χ2v) is 7.49. The van der Waals surface area contributed by atoms with E-state index in [1.165, 1.54) is 17.5 Å². The Morgan fingerprint density at radius 1 is 1.19 bits per heavy atom. The van der Waals surface area contributed by atoms with Gasteiger partial charge in [0.25, 0.3) is 0 Å². The van der Waals surface area contributed by atoms with Crippen LogP contribution in [0.15, 0.2) is 40.7 Å². The van der Waals surface area contributed by atoms with Crippen LogP contribution in [0.25, 0.3) is 5.95 Å². The van der Waals surface area contributed by atoms with E-state index in [0.717, 1.165) is 39.3 Å². The van der Waals surface area contributed by atoms with Crippen molar-refractivity contribution in [2.45, 2.75) is 27.7 Å². The number of hydrazone groups is 1. The molecule has 0 saturated heterocycles. The van der Waals surface area contributed by atoms with Crippen LogP contribution in [0.3, 0.4) is 0 Å². The highest BCUT2D eigenvalue weighted by Crippen LogP contribution is 2.25. The molecule has 1 aliphatic rings. The predicted octanol–water partition coefficient (Wildman–Crippen LogP) is 3.56. The van der Waals surface area contributed by atoms with Crippen LogP contribution in [-0.2, 0) is 0 Å². The number of aryl methyl sites for hydroxylation is 2. The fourth-order valence-electron chi connectivity index (χ4n) is 3.17. The number of nitrogens with zero attached hydrogens (tertiary/aromatic N) is 5. The Kier molecular flexibility index (Phi) is 4.57. The summed E-state index contributed by atoms with van der Waals surface area (Å²) < 4.78 is 2.05. The Balaban J connectivity index is 1.61. The number of thioether (sulfide) groups is 1. The van der Waals surface area contributed by atoms with Gasteiger partial charge in [0.05, 0.1) is 11.4 Å². The van der Waals surface area contributed by atoms with Crippen LogP contribution in [0.1, 0.15) is 28.1 Å². The standard InChI is InChI=1S/C19H21N7S/c1-11-6-5-7-16(13(11)3)22-19-25-23-17(9-27-19)15-8-12(2)26(14(15)4)18-20-10-21-24-18/h5-8,10H,9H2,1-4H3,(H,22,25)(H,20,21,24). The molecular formula is C19H21N7S. The first-order valence-corrected chi connectivity index (χ1v) is 9.68. The number of aromatic amines is 1. The average molecular weight is 379 g/mol. The van der Waals surface area contributed by atoms with E-state index < -0.39 is 0 Å². The molecule has 2 aromatic heterocycles. The Hall–Kier alpha value is -2.87. The third kappa shape index (κ3) is 3.28. The largest absolute Gasteiger partial charge is 0.287 e. The van der Waals surface area contributed by atoms with E-state index in [1.54, 1.807) is 11.8 Å². The zero-order valence-corrected chi connectivity index (χ0v) is 16.6. The van der Waals surface area contributed by atoms with Gasteiger partial charge < -0.3 is 0 Å². The fourth-order valence-corrected chi connectivity index (χ4v) is 3.93. The van der Waals surface area contributed by atoms with Crippen LogP contribution in [0.5, 0.6) is 0 Å². The molecule has 3 aromatic rings. The van der Waals surface area contributed by atoms with Gasteiger partial charge in [-0.25, -0.2) is 10.1 Å². The normalized spacial score (nSPS) is 15.7. The molecule has 8 heteroatoms. The summed E-state index contributed by atoms with van der Waals surface area (Å²) in [6, 6.07) is 8.29. The summed E-state index contributed by atoms with van der Waals surface area (Å²) >= 11 is 1.66. The number of amidine groups is 1. The zero-order chi connectivity index (χ0) is 19.0. The lowest BCUT2D eigenvalue weighted by Gasteiger charge is -2.15. The Labute approximate surface area is 162 Å². The van der Waals surface area contributed by atoms with Crippen molar-refractivity contribution in [1.82, 2.24) is 25.2 Å². The molecule has 3 heterocycles. The van der Waals surface area contributed by atoms with Crippen molar-refractivity contribution in [2.75, 3.05) is 5.75 Å². The van der Waals surface area contributed by atoms with Crippen LogP contribution < -0.4 is 5.43 Å². The van der Waals surface area contributed by atoms with Crippen molar-refractivity contribution in [2.24, 2.45) is 10.1 Å². The fraction of sp³-hybridized carbons (Fsp3) is 0.263. The molecule has 1 aromatic carbocycles. The molecule has 0 saturated carbocycles. The minimum atomic E-state index is 0.713. The van der Waals surface area contributed by atoms with Crippen molar-refractivity contribution < 1.29 is 0 Å². The van der Waals surface area contributed by atoms with E-state index in [2.05, 4.69) is 70.1 Å². The van der Waals surface area contributed by atoms with Gasteiger partial charge in [-0.1, -0.05) is 23.9 Å². The zero-order valence-electron chi connectivity index (χ0n) is 15.7. The van der Waals surface area contributed by atoms with E-state index in [-0.39, 0.29) is 0 Å². The molecule has 0 unspecified atom stereocenters. The van der Waals surface area contributed by atoms with Gasteiger partial charge >= 0.3 is 0 Å². The summed E-state index contributed by atoms with van der Waals surface area (Å²) in [5.74, 6) is 1.47. The van der Waals surface area contributed by atoms with E-state index in [1.807, 2.05) is 12.1 Å². The van der Waals surface area contributed by atoms with Crippen molar-refractivity contribution >= 4 is 28.3 Å². The van der Waals surface area contributed by atoms with Crippen LogP contribution in [0.4, 0.5) is 5.69 Å². The highest BCUT2D eigenvalue weighted by atomic mass is 32.2. The van der Waals surface area contributed by atoms with Crippen LogP contribution in [0, 0.1) is 27.7 Å². The quantitative estimate of drug-likeness (QED) is 0.729. The number of hydrogen-bond donors (Lipinski definition) is 2. The molecule has 1 aliphatic heterocycles. The van der Waals surface area contributed by atoms with Crippen molar-refractivity contribution in [1.29, 1.82) is 0 Å². The molecule has 0 fully saturated rings. The minimum absolute atomic E-state index is 0.713. The van der Waals surface area contributed by atoms with Crippen LogP contribution >= 0.6 is 11.8 Å². The van der Waals surface area contributed by atoms with Gasteiger partial charge in [-0.05, 0) is 51.0 Å². The molecule has 2 N–H and O–H groups in total. The summed E-state index contributed by atoms with van der Waals surface area (Å²) in [6.07, 6.45) is 1.51. The Morgan fingerprint density at radius 2 is 2.04 bits per heavy atom. The molecule has 0 radical (unpaired) electrons. The first-order valence-electron chi connectivity index (χ1n) is 8.70. The van der Waals surface area contributed by atoms with Gasteiger partial charge in [0.15, 0.2) is 5.17 Å². The summed E-state index contributed by atoms with van der Waals surface area (Å²) in [7, 11) is 0. The van der Waals surface area contributed by atoms with E-state index in [0.29, 0.717) is 5.95 Å². The topological polar surface area (TPSA) is 83.2 Å². The van der Waals surface area contributed by atoms with Gasteiger partial charge in [-0.3, -0.25) is 9.99 Å². The third-order valence-corrected chi connectivity index (χ3v) is 5.66. The lowest BCUT2D eigenvalue weighted by Crippen LogP contribution is -2.25. The third-order valence-electron chi connectivity index (χ3n) is 4.79. The smallest absolute Gasteiger partial charge is 0.229 e. The molecular weight excluding hydrogens is 358 g/mol. The average Bonchev–Trinajstić information content (AvgIpc) is 3.27. The van der Waals surface area contributed by atoms with Gasteiger partial charge in [0, 0.05) is 22.7 Å². The van der Waals surface area contributed by atoms with E-state index in [9.17, 15) is 0 Å². The number of H-pyrrole nitrogens is 1. The number of aromatic nitrogens is 4. The molecule has 0 aliphatic carbocycles. The lowest BCUT2D eigenvalue weighted by atomic mass is 10.1. The minimum Gasteiger partial charge on any atom is -0.287 e. The van der Waals surface area contributed by atoms with Crippen LogP contribution in [-0.4, -0.2) is 36.4 Å². The van der Waals surface area contributed by atoms with E-state index >= 15 is 0 Å². The maximum atomic E-state index is 4.73. The summed E-state index contributed by atoms with van der Waals surface area (Å²) in [4.78, 5) is 8.98. The van der Waals surface area contributed by atoms with Crippen LogP contribution in [0.2, 0.25) is 0 Å². The molecule has 138 valence electrons. The maximum Gasteiger partial charge on any atom is 0.229 e. The molecule has 27 heavy (non-hydrogen) atoms. The van der Waals surface area contributed by atoms with Crippen molar-refractivity contribution in [3.8, 4) is 5.95 Å². The lowest BCUT2D eigenvalue weighted by molar-refractivity contribution is 0.877. The number of rotatable bonds is 3. The van der Waals surface area contributed by atoms with Gasteiger partial charge in [-0.15, -0.1) is 0 Å². The summed E-state index contributed by atoms with van der Waals surface area (Å²) in [5.41, 5.74) is 10.8. The number of hydrogen-bond acceptors (Lipinski definition) is 5. The molecule has 4 rings (SSSR count). The number of benzene rings is 1. The monoisotopic (exact) mass is 379 g/mol. The van der Waals surface area contributed by atoms with Gasteiger partial charge in [0.2, 0.25) is 5.95 Å². The Bertz CT molecular complexity index is 1040. The first-order chi connectivity index (χ1) is 13.0. The molecule has 7 nitrogen and oxygen atoms in total. The summed E-state index contributed by atoms with van der Waals surface area (Å²) in [6.45, 7) is 8.31. The van der Waals surface area contributed by atoms with Crippen molar-refractivity contribution in [3.05, 3.63) is 58.7 Å². The predicted molar refractivity (Wildman–Crippen MR) is 110 cm³/mol. The molecule has 0 spiro atoms. The SMILES string of the molecule is Cc1cccc(N=C2NN=C(c3cc(C)n(-c4ncn[nH]4)c3C)CS2)c1C. The van der Waals surface area contributed by atoms with Gasteiger partial charge in [0.1, 0.15) is 6.33 Å².